The Morgan fingerprint density at radius 3 is 2.97 bits per heavy atom. The average Bonchev–Trinajstić information content (AvgIpc) is 3.61. The smallest absolute Gasteiger partial charge is 0.233 e. The molecule has 0 spiro atoms. The minimum absolute atomic E-state index is 0.211. The number of imidazole rings is 1. The molecule has 0 bridgehead atoms. The Morgan fingerprint density at radius 1 is 1.09 bits per heavy atom. The molecule has 1 aromatic carbocycles. The average molecular weight is 444 g/mol. The van der Waals surface area contributed by atoms with E-state index in [0.29, 0.717) is 31.7 Å². The number of morpholine rings is 1. The molecule has 4 aromatic rings. The first-order valence-electron chi connectivity index (χ1n) is 11.5. The van der Waals surface area contributed by atoms with Gasteiger partial charge in [-0.3, -0.25) is 0 Å². The zero-order valence-electron chi connectivity index (χ0n) is 18.4. The molecule has 0 radical (unpaired) electrons. The van der Waals surface area contributed by atoms with Crippen molar-refractivity contribution in [1.82, 2.24) is 24.9 Å². The van der Waals surface area contributed by atoms with Crippen molar-refractivity contribution in [3.63, 3.8) is 0 Å². The summed E-state index contributed by atoms with van der Waals surface area (Å²) in [5, 5.41) is 1.13. The molecule has 168 valence electrons. The van der Waals surface area contributed by atoms with Crippen molar-refractivity contribution in [1.29, 1.82) is 0 Å². The fourth-order valence-electron chi connectivity index (χ4n) is 5.15. The van der Waals surface area contributed by atoms with Crippen LogP contribution >= 0.6 is 0 Å². The predicted molar refractivity (Wildman–Crippen MR) is 126 cm³/mol. The maximum atomic E-state index is 5.69. The number of aromatic amines is 2. The van der Waals surface area contributed by atoms with Crippen LogP contribution in [0.3, 0.4) is 0 Å². The summed E-state index contributed by atoms with van der Waals surface area (Å²) in [6.07, 6.45) is 4.11. The Balaban J connectivity index is 1.39. The van der Waals surface area contributed by atoms with Gasteiger partial charge in [0.2, 0.25) is 5.95 Å². The quantitative estimate of drug-likeness (QED) is 0.502. The van der Waals surface area contributed by atoms with Gasteiger partial charge in [-0.15, -0.1) is 0 Å². The largest absolute Gasteiger partial charge is 0.377 e. The molecule has 33 heavy (non-hydrogen) atoms. The molecule has 6 heterocycles. The van der Waals surface area contributed by atoms with Crippen molar-refractivity contribution >= 4 is 33.8 Å². The Morgan fingerprint density at radius 2 is 2.06 bits per heavy atom. The number of nitrogens with one attached hydrogen (secondary N) is 2. The van der Waals surface area contributed by atoms with Gasteiger partial charge in [-0.2, -0.15) is 9.97 Å². The van der Waals surface area contributed by atoms with E-state index in [9.17, 15) is 0 Å². The Labute approximate surface area is 190 Å². The first-order valence-corrected chi connectivity index (χ1v) is 11.5. The van der Waals surface area contributed by atoms with Gasteiger partial charge in [0.25, 0.3) is 0 Å². The molecule has 9 heteroatoms. The number of hydrogen-bond acceptors (Lipinski definition) is 7. The fourth-order valence-corrected chi connectivity index (χ4v) is 5.15. The Kier molecular flexibility index (Phi) is 4.22. The molecular weight excluding hydrogens is 418 g/mol. The third-order valence-corrected chi connectivity index (χ3v) is 6.91. The number of nitrogens with zero attached hydrogens (tertiary/aromatic N) is 5. The van der Waals surface area contributed by atoms with E-state index in [-0.39, 0.29) is 6.04 Å². The zero-order valence-corrected chi connectivity index (χ0v) is 18.4. The van der Waals surface area contributed by atoms with E-state index >= 15 is 0 Å². The van der Waals surface area contributed by atoms with Crippen molar-refractivity contribution in [2.45, 2.75) is 13.0 Å². The van der Waals surface area contributed by atoms with Crippen LogP contribution in [0.5, 0.6) is 0 Å². The van der Waals surface area contributed by atoms with E-state index in [0.717, 1.165) is 59.0 Å². The van der Waals surface area contributed by atoms with Gasteiger partial charge in [0, 0.05) is 47.9 Å². The monoisotopic (exact) mass is 443 g/mol. The van der Waals surface area contributed by atoms with Gasteiger partial charge in [0.1, 0.15) is 5.82 Å². The van der Waals surface area contributed by atoms with Crippen LogP contribution in [-0.2, 0) is 9.47 Å². The van der Waals surface area contributed by atoms with Gasteiger partial charge in [0.05, 0.1) is 32.5 Å². The second kappa shape index (κ2) is 7.29. The minimum Gasteiger partial charge on any atom is -0.377 e. The van der Waals surface area contributed by atoms with Crippen LogP contribution in [-0.4, -0.2) is 70.5 Å². The number of fused-ring (bicyclic) bond motifs is 3. The summed E-state index contributed by atoms with van der Waals surface area (Å²) in [7, 11) is 0. The maximum Gasteiger partial charge on any atom is 0.233 e. The lowest BCUT2D eigenvalue weighted by Gasteiger charge is -2.34. The highest BCUT2D eigenvalue weighted by atomic mass is 16.5. The van der Waals surface area contributed by atoms with E-state index in [2.05, 4.69) is 51.1 Å². The van der Waals surface area contributed by atoms with Crippen molar-refractivity contribution in [3.05, 3.63) is 42.2 Å². The second-order valence-corrected chi connectivity index (χ2v) is 9.06. The summed E-state index contributed by atoms with van der Waals surface area (Å²) < 4.78 is 11.3. The van der Waals surface area contributed by atoms with Crippen LogP contribution < -0.4 is 9.80 Å². The Bertz CT molecular complexity index is 1390. The molecule has 2 fully saturated rings. The molecule has 7 rings (SSSR count). The predicted octanol–water partition coefficient (Wildman–Crippen LogP) is 3.08. The third kappa shape index (κ3) is 3.03. The maximum absolute atomic E-state index is 5.69. The lowest BCUT2D eigenvalue weighted by Crippen LogP contribution is -2.44. The van der Waals surface area contributed by atoms with Gasteiger partial charge in [-0.25, -0.2) is 4.98 Å². The minimum atomic E-state index is 0.211. The summed E-state index contributed by atoms with van der Waals surface area (Å²) in [6.45, 7) is 6.62. The SMILES string of the molecule is CC1COCCN1c1nc(N2C=C3COCC3C2)nc2[nH]c(-c3cccc4[nH]ccc34)nc12. The highest BCUT2D eigenvalue weighted by Crippen LogP contribution is 2.35. The van der Waals surface area contributed by atoms with E-state index in [1.54, 1.807) is 0 Å². The van der Waals surface area contributed by atoms with Gasteiger partial charge in [-0.05, 0) is 24.6 Å². The molecule has 0 aliphatic carbocycles. The van der Waals surface area contributed by atoms with Gasteiger partial charge in [0.15, 0.2) is 17.0 Å². The molecular formula is C24H25N7O2. The summed E-state index contributed by atoms with van der Waals surface area (Å²) in [5.41, 5.74) is 5.00. The van der Waals surface area contributed by atoms with E-state index < -0.39 is 0 Å². The fraction of sp³-hybridized carbons (Fsp3) is 0.375. The van der Waals surface area contributed by atoms with Crippen LogP contribution in [0.25, 0.3) is 33.5 Å². The lowest BCUT2D eigenvalue weighted by molar-refractivity contribution is 0.0987. The standard InChI is InChI=1S/C24H25N7O2/c1-14-11-32-8-7-31(14)23-20-22(28-24(29-23)30-9-15-12-33-13-16(15)10-30)27-21(26-20)18-3-2-4-19-17(18)5-6-25-19/h2-6,9,14,16,25H,7-8,10-13H2,1H3,(H,26,27,28,29). The normalized spacial score (nSPS) is 23.0. The summed E-state index contributed by atoms with van der Waals surface area (Å²) >= 11 is 0. The number of hydrogen-bond donors (Lipinski definition) is 2. The number of rotatable bonds is 3. The van der Waals surface area contributed by atoms with Gasteiger partial charge < -0.3 is 29.2 Å². The van der Waals surface area contributed by atoms with Gasteiger partial charge in [-0.1, -0.05) is 12.1 Å². The number of anilines is 2. The van der Waals surface area contributed by atoms with Crippen molar-refractivity contribution in [3.8, 4) is 11.4 Å². The van der Waals surface area contributed by atoms with Crippen molar-refractivity contribution in [2.24, 2.45) is 5.92 Å². The molecule has 2 atom stereocenters. The number of aromatic nitrogens is 5. The molecule has 3 aliphatic heterocycles. The summed E-state index contributed by atoms with van der Waals surface area (Å²) in [5.74, 6) is 2.79. The molecule has 2 N–H and O–H groups in total. The van der Waals surface area contributed by atoms with Crippen LogP contribution in [0.2, 0.25) is 0 Å². The molecule has 0 amide bonds. The number of H-pyrrole nitrogens is 2. The lowest BCUT2D eigenvalue weighted by atomic mass is 10.1. The third-order valence-electron chi connectivity index (χ3n) is 6.91. The first kappa shape index (κ1) is 19.1. The molecule has 9 nitrogen and oxygen atoms in total. The summed E-state index contributed by atoms with van der Waals surface area (Å²) in [4.78, 5) is 26.2. The number of ether oxygens (including phenoxy) is 2. The summed E-state index contributed by atoms with van der Waals surface area (Å²) in [6, 6.07) is 8.49. The van der Waals surface area contributed by atoms with Crippen LogP contribution in [0.15, 0.2) is 42.2 Å². The van der Waals surface area contributed by atoms with E-state index in [4.69, 9.17) is 24.4 Å². The molecule has 2 unspecified atom stereocenters. The molecule has 2 saturated heterocycles. The molecule has 0 saturated carbocycles. The van der Waals surface area contributed by atoms with Crippen molar-refractivity contribution < 1.29 is 9.47 Å². The first-order chi connectivity index (χ1) is 16.2. The zero-order chi connectivity index (χ0) is 21.9. The second-order valence-electron chi connectivity index (χ2n) is 9.06. The number of benzene rings is 1. The van der Waals surface area contributed by atoms with Crippen LogP contribution in [0, 0.1) is 5.92 Å². The van der Waals surface area contributed by atoms with Gasteiger partial charge >= 0.3 is 0 Å². The van der Waals surface area contributed by atoms with E-state index in [1.807, 2.05) is 12.3 Å². The molecule has 3 aromatic heterocycles. The van der Waals surface area contributed by atoms with Crippen LogP contribution in [0.1, 0.15) is 6.92 Å². The van der Waals surface area contributed by atoms with Crippen LogP contribution in [0.4, 0.5) is 11.8 Å². The van der Waals surface area contributed by atoms with E-state index in [1.165, 1.54) is 5.57 Å². The molecule has 3 aliphatic rings. The topological polar surface area (TPSA) is 95.2 Å². The highest BCUT2D eigenvalue weighted by molar-refractivity contribution is 5.96. The van der Waals surface area contributed by atoms with Crippen molar-refractivity contribution in [2.75, 3.05) is 49.3 Å². The highest BCUT2D eigenvalue weighted by Gasteiger charge is 2.32. The Hall–Kier alpha value is -3.43.